The van der Waals surface area contributed by atoms with Gasteiger partial charge < -0.3 is 5.32 Å². The van der Waals surface area contributed by atoms with E-state index in [1.807, 2.05) is 12.1 Å². The maximum absolute atomic E-state index is 5.96. The Bertz CT molecular complexity index is 404. The van der Waals surface area contributed by atoms with Crippen LogP contribution in [0.15, 0.2) is 24.3 Å². The standard InChI is InChI=1S/C16H25ClN2/c1-4-15-11-19(16(3,5-2)12-18-15)10-13-6-8-14(17)9-7-13/h6-9,15,18H,4-5,10-12H2,1-3H3. The van der Waals surface area contributed by atoms with Crippen molar-refractivity contribution >= 4 is 11.6 Å². The average Bonchev–Trinajstić information content (AvgIpc) is 2.43. The van der Waals surface area contributed by atoms with Crippen LogP contribution in [-0.2, 0) is 6.54 Å². The fraction of sp³-hybridized carbons (Fsp3) is 0.625. The lowest BCUT2D eigenvalue weighted by molar-refractivity contribution is 0.0408. The van der Waals surface area contributed by atoms with E-state index in [0.29, 0.717) is 6.04 Å². The van der Waals surface area contributed by atoms with Crippen molar-refractivity contribution in [3.8, 4) is 0 Å². The molecule has 0 bridgehead atoms. The van der Waals surface area contributed by atoms with Gasteiger partial charge in [-0.3, -0.25) is 4.90 Å². The maximum Gasteiger partial charge on any atom is 0.0406 e. The molecule has 1 fully saturated rings. The highest BCUT2D eigenvalue weighted by Gasteiger charge is 2.35. The normalized spacial score (nSPS) is 28.5. The van der Waals surface area contributed by atoms with Crippen LogP contribution >= 0.6 is 11.6 Å². The molecule has 1 aromatic rings. The highest BCUT2D eigenvalue weighted by Crippen LogP contribution is 2.26. The van der Waals surface area contributed by atoms with Gasteiger partial charge in [0.1, 0.15) is 0 Å². The van der Waals surface area contributed by atoms with Crippen molar-refractivity contribution in [3.63, 3.8) is 0 Å². The number of rotatable bonds is 4. The van der Waals surface area contributed by atoms with E-state index in [1.54, 1.807) is 0 Å². The zero-order valence-electron chi connectivity index (χ0n) is 12.2. The monoisotopic (exact) mass is 280 g/mol. The molecular weight excluding hydrogens is 256 g/mol. The summed E-state index contributed by atoms with van der Waals surface area (Å²) in [6.45, 7) is 10.1. The lowest BCUT2D eigenvalue weighted by atomic mass is 9.91. The molecule has 0 spiro atoms. The Labute approximate surface area is 122 Å². The molecule has 1 aromatic carbocycles. The fourth-order valence-electron chi connectivity index (χ4n) is 2.71. The van der Waals surface area contributed by atoms with E-state index < -0.39 is 0 Å². The minimum atomic E-state index is 0.255. The molecule has 0 saturated carbocycles. The van der Waals surface area contributed by atoms with Crippen molar-refractivity contribution in [2.75, 3.05) is 13.1 Å². The number of nitrogens with one attached hydrogen (secondary N) is 1. The summed E-state index contributed by atoms with van der Waals surface area (Å²) in [5.74, 6) is 0. The summed E-state index contributed by atoms with van der Waals surface area (Å²) in [5, 5.41) is 4.49. The van der Waals surface area contributed by atoms with E-state index in [9.17, 15) is 0 Å². The van der Waals surface area contributed by atoms with Gasteiger partial charge in [-0.15, -0.1) is 0 Å². The molecule has 19 heavy (non-hydrogen) atoms. The summed E-state index contributed by atoms with van der Waals surface area (Å²) in [4.78, 5) is 2.63. The van der Waals surface area contributed by atoms with E-state index in [0.717, 1.165) is 24.7 Å². The number of halogens is 1. The lowest BCUT2D eigenvalue weighted by Crippen LogP contribution is -2.62. The van der Waals surface area contributed by atoms with Crippen LogP contribution in [0.3, 0.4) is 0 Å². The Kier molecular flexibility index (Phi) is 4.88. The van der Waals surface area contributed by atoms with Crippen LogP contribution in [0.25, 0.3) is 0 Å². The van der Waals surface area contributed by atoms with Gasteiger partial charge in [-0.25, -0.2) is 0 Å². The smallest absolute Gasteiger partial charge is 0.0406 e. The number of nitrogens with zero attached hydrogens (tertiary/aromatic N) is 1. The van der Waals surface area contributed by atoms with Gasteiger partial charge in [0.2, 0.25) is 0 Å². The van der Waals surface area contributed by atoms with E-state index in [-0.39, 0.29) is 5.54 Å². The molecule has 1 aliphatic heterocycles. The molecule has 2 atom stereocenters. The van der Waals surface area contributed by atoms with Gasteiger partial charge in [0.25, 0.3) is 0 Å². The minimum Gasteiger partial charge on any atom is -0.311 e. The molecule has 0 amide bonds. The van der Waals surface area contributed by atoms with Gasteiger partial charge in [0.15, 0.2) is 0 Å². The second-order valence-corrected chi connectivity index (χ2v) is 6.28. The van der Waals surface area contributed by atoms with Gasteiger partial charge in [0.05, 0.1) is 0 Å². The molecule has 2 unspecified atom stereocenters. The van der Waals surface area contributed by atoms with Crippen molar-refractivity contribution in [1.82, 2.24) is 10.2 Å². The second kappa shape index (κ2) is 6.25. The highest BCUT2D eigenvalue weighted by molar-refractivity contribution is 6.30. The summed E-state index contributed by atoms with van der Waals surface area (Å²) in [6, 6.07) is 8.87. The molecule has 1 heterocycles. The van der Waals surface area contributed by atoms with Crippen molar-refractivity contribution in [1.29, 1.82) is 0 Å². The second-order valence-electron chi connectivity index (χ2n) is 5.84. The number of benzene rings is 1. The summed E-state index contributed by atoms with van der Waals surface area (Å²) in [6.07, 6.45) is 2.36. The first-order chi connectivity index (χ1) is 9.07. The zero-order chi connectivity index (χ0) is 13.9. The van der Waals surface area contributed by atoms with Crippen molar-refractivity contribution in [2.24, 2.45) is 0 Å². The van der Waals surface area contributed by atoms with E-state index >= 15 is 0 Å². The predicted molar refractivity (Wildman–Crippen MR) is 82.6 cm³/mol. The predicted octanol–water partition coefficient (Wildman–Crippen LogP) is 3.69. The largest absolute Gasteiger partial charge is 0.311 e. The van der Waals surface area contributed by atoms with E-state index in [4.69, 9.17) is 11.6 Å². The van der Waals surface area contributed by atoms with Gasteiger partial charge >= 0.3 is 0 Å². The SMILES string of the molecule is CCC1CN(Cc2ccc(Cl)cc2)C(C)(CC)CN1. The Morgan fingerprint density at radius 2 is 2.00 bits per heavy atom. The molecule has 106 valence electrons. The topological polar surface area (TPSA) is 15.3 Å². The number of hydrogen-bond acceptors (Lipinski definition) is 2. The van der Waals surface area contributed by atoms with Crippen molar-refractivity contribution < 1.29 is 0 Å². The third-order valence-corrected chi connectivity index (χ3v) is 4.77. The molecule has 2 rings (SSSR count). The van der Waals surface area contributed by atoms with Crippen LogP contribution in [0.4, 0.5) is 0 Å². The van der Waals surface area contributed by atoms with Gasteiger partial charge in [0, 0.05) is 36.2 Å². The number of piperazine rings is 1. The Morgan fingerprint density at radius 1 is 1.32 bits per heavy atom. The average molecular weight is 281 g/mol. The van der Waals surface area contributed by atoms with Gasteiger partial charge in [-0.1, -0.05) is 37.6 Å². The third kappa shape index (κ3) is 3.50. The molecule has 0 aromatic heterocycles. The Hall–Kier alpha value is -0.570. The first-order valence-corrected chi connectivity index (χ1v) is 7.68. The zero-order valence-corrected chi connectivity index (χ0v) is 13.0. The van der Waals surface area contributed by atoms with E-state index in [2.05, 4.69) is 43.1 Å². The third-order valence-electron chi connectivity index (χ3n) is 4.52. The fourth-order valence-corrected chi connectivity index (χ4v) is 2.84. The molecule has 1 N–H and O–H groups in total. The maximum atomic E-state index is 5.96. The summed E-state index contributed by atoms with van der Waals surface area (Å²) >= 11 is 5.96. The molecular formula is C16H25ClN2. The summed E-state index contributed by atoms with van der Waals surface area (Å²) in [5.41, 5.74) is 1.60. The molecule has 0 radical (unpaired) electrons. The first-order valence-electron chi connectivity index (χ1n) is 7.30. The summed E-state index contributed by atoms with van der Waals surface area (Å²) < 4.78 is 0. The van der Waals surface area contributed by atoms with Crippen molar-refractivity contribution in [3.05, 3.63) is 34.9 Å². The Morgan fingerprint density at radius 3 is 2.58 bits per heavy atom. The van der Waals surface area contributed by atoms with Crippen LogP contribution in [0, 0.1) is 0 Å². The highest BCUT2D eigenvalue weighted by atomic mass is 35.5. The minimum absolute atomic E-state index is 0.255. The molecule has 0 aliphatic carbocycles. The van der Waals surface area contributed by atoms with Crippen molar-refractivity contribution in [2.45, 2.75) is 51.7 Å². The lowest BCUT2D eigenvalue weighted by Gasteiger charge is -2.48. The molecule has 1 aliphatic rings. The quantitative estimate of drug-likeness (QED) is 0.905. The molecule has 3 heteroatoms. The van der Waals surface area contributed by atoms with Crippen LogP contribution in [0.5, 0.6) is 0 Å². The van der Waals surface area contributed by atoms with E-state index in [1.165, 1.54) is 18.4 Å². The van der Waals surface area contributed by atoms with Crippen LogP contribution in [0.2, 0.25) is 5.02 Å². The molecule has 2 nitrogen and oxygen atoms in total. The van der Waals surface area contributed by atoms with Crippen LogP contribution < -0.4 is 5.32 Å². The van der Waals surface area contributed by atoms with Gasteiger partial charge in [-0.05, 0) is 37.5 Å². The first kappa shape index (κ1) is 14.8. The number of hydrogen-bond donors (Lipinski definition) is 1. The Balaban J connectivity index is 2.11. The summed E-state index contributed by atoms with van der Waals surface area (Å²) in [7, 11) is 0. The van der Waals surface area contributed by atoms with Crippen LogP contribution in [-0.4, -0.2) is 29.6 Å². The van der Waals surface area contributed by atoms with Gasteiger partial charge in [-0.2, -0.15) is 0 Å². The van der Waals surface area contributed by atoms with Crippen LogP contribution in [0.1, 0.15) is 39.2 Å². The molecule has 1 saturated heterocycles.